The van der Waals surface area contributed by atoms with E-state index in [1.165, 1.54) is 33.3 Å². The molecule has 0 saturated carbocycles. The number of likely N-dealkylation sites (N-methyl/N-ethyl adjacent to an activating group) is 1. The van der Waals surface area contributed by atoms with E-state index in [0.29, 0.717) is 24.6 Å². The third-order valence-corrected chi connectivity index (χ3v) is 4.64. The summed E-state index contributed by atoms with van der Waals surface area (Å²) in [4.78, 5) is 42.6. The van der Waals surface area contributed by atoms with E-state index in [1.54, 1.807) is 5.38 Å². The monoisotopic (exact) mass is 435 g/mol. The van der Waals surface area contributed by atoms with Crippen molar-refractivity contribution in [3.8, 4) is 11.5 Å². The summed E-state index contributed by atoms with van der Waals surface area (Å²) in [7, 11) is 6.72. The van der Waals surface area contributed by atoms with Crippen molar-refractivity contribution in [2.45, 2.75) is 6.92 Å². The molecule has 2 aromatic rings. The third kappa shape index (κ3) is 6.16. The fraction of sp³-hybridized carbons (Fsp3) is 0.368. The van der Waals surface area contributed by atoms with Gasteiger partial charge in [-0.1, -0.05) is 0 Å². The smallest absolute Gasteiger partial charge is 0.270 e. The summed E-state index contributed by atoms with van der Waals surface area (Å²) < 4.78 is 10.5. The number of hydrogen-bond donors (Lipinski definition) is 3. The van der Waals surface area contributed by atoms with E-state index in [4.69, 9.17) is 9.47 Å². The molecule has 0 unspecified atom stereocenters. The molecule has 0 atom stereocenters. The first kappa shape index (κ1) is 23.1. The Kier molecular flexibility index (Phi) is 8.13. The maximum Gasteiger partial charge on any atom is 0.270 e. The van der Waals surface area contributed by atoms with E-state index in [2.05, 4.69) is 20.9 Å². The van der Waals surface area contributed by atoms with Crippen molar-refractivity contribution in [1.29, 1.82) is 0 Å². The molecule has 0 aliphatic carbocycles. The number of carbonyl (C=O) groups is 3. The molecule has 3 N–H and O–H groups in total. The lowest BCUT2D eigenvalue weighted by Gasteiger charge is -2.14. The molecule has 1 heterocycles. The summed E-state index contributed by atoms with van der Waals surface area (Å²) in [6.45, 7) is 2.52. The van der Waals surface area contributed by atoms with Crippen molar-refractivity contribution in [1.82, 2.24) is 15.2 Å². The molecular weight excluding hydrogens is 410 g/mol. The second-order valence-corrected chi connectivity index (χ2v) is 7.34. The van der Waals surface area contributed by atoms with Gasteiger partial charge >= 0.3 is 0 Å². The molecule has 0 spiro atoms. The predicted octanol–water partition coefficient (Wildman–Crippen LogP) is 1.66. The summed E-state index contributed by atoms with van der Waals surface area (Å²) in [5.41, 5.74) is 0.634. The molecule has 0 aliphatic heterocycles. The van der Waals surface area contributed by atoms with Crippen LogP contribution in [-0.4, -0.2) is 69.0 Å². The van der Waals surface area contributed by atoms with Gasteiger partial charge in [-0.05, 0) is 20.2 Å². The number of anilines is 2. The molecule has 0 aliphatic rings. The molecule has 11 heteroatoms. The van der Waals surface area contributed by atoms with Crippen molar-refractivity contribution in [3.05, 3.63) is 28.8 Å². The number of benzene rings is 1. The normalized spacial score (nSPS) is 10.5. The number of ether oxygens (including phenoxy) is 2. The van der Waals surface area contributed by atoms with Gasteiger partial charge in [-0.3, -0.25) is 19.7 Å². The Balaban J connectivity index is 2.18. The highest BCUT2D eigenvalue weighted by Crippen LogP contribution is 2.34. The molecule has 0 saturated heterocycles. The predicted molar refractivity (Wildman–Crippen MR) is 115 cm³/mol. The number of thiazole rings is 1. The maximum atomic E-state index is 12.8. The molecular formula is C19H25N5O5S. The van der Waals surface area contributed by atoms with Gasteiger partial charge in [-0.15, -0.1) is 11.3 Å². The van der Waals surface area contributed by atoms with Crippen LogP contribution in [-0.2, 0) is 4.79 Å². The van der Waals surface area contributed by atoms with Crippen LogP contribution in [0.5, 0.6) is 11.5 Å². The minimum Gasteiger partial charge on any atom is -0.493 e. The first-order chi connectivity index (χ1) is 14.2. The molecule has 2 rings (SSSR count). The average molecular weight is 436 g/mol. The molecule has 1 aromatic carbocycles. The number of aromatic nitrogens is 1. The van der Waals surface area contributed by atoms with Crippen LogP contribution in [0.4, 0.5) is 10.8 Å². The van der Waals surface area contributed by atoms with Crippen molar-refractivity contribution in [2.24, 2.45) is 0 Å². The van der Waals surface area contributed by atoms with Crippen molar-refractivity contribution in [3.63, 3.8) is 0 Å². The number of rotatable bonds is 9. The van der Waals surface area contributed by atoms with Gasteiger partial charge in [-0.25, -0.2) is 4.98 Å². The van der Waals surface area contributed by atoms with E-state index >= 15 is 0 Å². The molecule has 1 aromatic heterocycles. The highest BCUT2D eigenvalue weighted by Gasteiger charge is 2.19. The summed E-state index contributed by atoms with van der Waals surface area (Å²) >= 11 is 1.12. The second-order valence-electron chi connectivity index (χ2n) is 6.49. The van der Waals surface area contributed by atoms with Gasteiger partial charge in [-0.2, -0.15) is 0 Å². The van der Waals surface area contributed by atoms with Gasteiger partial charge in [0.25, 0.3) is 11.8 Å². The SMILES string of the molecule is COc1cc(NC(C)=O)c(C(=O)Nc2nc(C(=O)NCCN(C)C)cs2)cc1OC. The van der Waals surface area contributed by atoms with E-state index in [9.17, 15) is 14.4 Å². The van der Waals surface area contributed by atoms with Gasteiger partial charge in [0.05, 0.1) is 25.5 Å². The fourth-order valence-corrected chi connectivity index (χ4v) is 3.13. The van der Waals surface area contributed by atoms with E-state index in [-0.39, 0.29) is 33.9 Å². The number of nitrogens with zero attached hydrogens (tertiary/aromatic N) is 2. The first-order valence-corrected chi connectivity index (χ1v) is 9.86. The van der Waals surface area contributed by atoms with Gasteiger partial charge in [0.1, 0.15) is 5.69 Å². The second kappa shape index (κ2) is 10.6. The van der Waals surface area contributed by atoms with Crippen LogP contribution >= 0.6 is 11.3 Å². The van der Waals surface area contributed by atoms with Gasteiger partial charge in [0.15, 0.2) is 16.6 Å². The largest absolute Gasteiger partial charge is 0.493 e. The molecule has 0 bridgehead atoms. The van der Waals surface area contributed by atoms with Crippen LogP contribution in [0.3, 0.4) is 0 Å². The Morgan fingerprint density at radius 1 is 1.07 bits per heavy atom. The average Bonchev–Trinajstić information content (AvgIpc) is 3.15. The quantitative estimate of drug-likeness (QED) is 0.548. The van der Waals surface area contributed by atoms with Crippen LogP contribution in [0.15, 0.2) is 17.5 Å². The summed E-state index contributed by atoms with van der Waals surface area (Å²) in [5.74, 6) is -0.491. The molecule has 162 valence electrons. The molecule has 0 fully saturated rings. The fourth-order valence-electron chi connectivity index (χ4n) is 2.44. The van der Waals surface area contributed by atoms with Gasteiger partial charge in [0.2, 0.25) is 5.91 Å². The van der Waals surface area contributed by atoms with Crippen LogP contribution in [0.2, 0.25) is 0 Å². The lowest BCUT2D eigenvalue weighted by Crippen LogP contribution is -2.31. The number of amides is 3. The Hall–Kier alpha value is -3.18. The Morgan fingerprint density at radius 3 is 2.33 bits per heavy atom. The van der Waals surface area contributed by atoms with E-state index in [1.807, 2.05) is 19.0 Å². The lowest BCUT2D eigenvalue weighted by atomic mass is 10.1. The van der Waals surface area contributed by atoms with Crippen molar-refractivity contribution < 1.29 is 23.9 Å². The minimum atomic E-state index is -0.520. The van der Waals surface area contributed by atoms with Gasteiger partial charge < -0.3 is 25.0 Å². The highest BCUT2D eigenvalue weighted by molar-refractivity contribution is 7.14. The zero-order chi connectivity index (χ0) is 22.3. The molecule has 10 nitrogen and oxygen atoms in total. The third-order valence-electron chi connectivity index (χ3n) is 3.88. The van der Waals surface area contributed by atoms with Crippen molar-refractivity contribution >= 4 is 39.9 Å². The topological polar surface area (TPSA) is 122 Å². The highest BCUT2D eigenvalue weighted by atomic mass is 32.1. The number of carbonyl (C=O) groups excluding carboxylic acids is 3. The zero-order valence-electron chi connectivity index (χ0n) is 17.5. The minimum absolute atomic E-state index is 0.162. The number of nitrogens with one attached hydrogen (secondary N) is 3. The maximum absolute atomic E-state index is 12.8. The van der Waals surface area contributed by atoms with Crippen molar-refractivity contribution in [2.75, 3.05) is 52.0 Å². The van der Waals surface area contributed by atoms with Gasteiger partial charge in [0, 0.05) is 31.5 Å². The van der Waals surface area contributed by atoms with E-state index in [0.717, 1.165) is 11.3 Å². The Morgan fingerprint density at radius 2 is 1.73 bits per heavy atom. The lowest BCUT2D eigenvalue weighted by molar-refractivity contribution is -0.114. The molecule has 30 heavy (non-hydrogen) atoms. The first-order valence-electron chi connectivity index (χ1n) is 8.98. The molecule has 0 radical (unpaired) electrons. The standard InChI is InChI=1S/C19H25N5O5S/c1-11(25)21-13-9-16(29-5)15(28-4)8-12(13)17(26)23-19-22-14(10-30-19)18(27)20-6-7-24(2)3/h8-10H,6-7H2,1-5H3,(H,20,27)(H,21,25)(H,22,23,26). The van der Waals surface area contributed by atoms with Crippen LogP contribution in [0.25, 0.3) is 0 Å². The number of hydrogen-bond acceptors (Lipinski definition) is 8. The van der Waals surface area contributed by atoms with E-state index < -0.39 is 5.91 Å². The van der Waals surface area contributed by atoms with Crippen LogP contribution in [0, 0.1) is 0 Å². The summed E-state index contributed by atoms with van der Waals surface area (Å²) in [6, 6.07) is 2.96. The van der Waals surface area contributed by atoms with Crippen LogP contribution in [0.1, 0.15) is 27.8 Å². The summed E-state index contributed by atoms with van der Waals surface area (Å²) in [6.07, 6.45) is 0. The Bertz CT molecular complexity index is 928. The molecule has 3 amide bonds. The van der Waals surface area contributed by atoms with Crippen LogP contribution < -0.4 is 25.4 Å². The zero-order valence-corrected chi connectivity index (χ0v) is 18.3. The number of methoxy groups -OCH3 is 2. The Labute approximate surface area is 178 Å². The summed E-state index contributed by atoms with van der Waals surface area (Å²) in [5, 5.41) is 9.81.